The van der Waals surface area contributed by atoms with Gasteiger partial charge >= 0.3 is 0 Å². The zero-order chi connectivity index (χ0) is 15.6. The Kier molecular flexibility index (Phi) is 5.52. The molecule has 0 aliphatic carbocycles. The van der Waals surface area contributed by atoms with Gasteiger partial charge in [-0.3, -0.25) is 0 Å². The van der Waals surface area contributed by atoms with Gasteiger partial charge in [0.15, 0.2) is 0 Å². The fraction of sp³-hybridized carbons (Fsp3) is 0.562. The fourth-order valence-electron chi connectivity index (χ4n) is 3.13. The minimum atomic E-state index is 0.502. The Bertz CT molecular complexity index is 516. The molecule has 0 radical (unpaired) electrons. The highest BCUT2D eigenvalue weighted by atomic mass is 32.2. The van der Waals surface area contributed by atoms with Gasteiger partial charge in [0.1, 0.15) is 4.99 Å². The van der Waals surface area contributed by atoms with E-state index in [9.17, 15) is 0 Å². The first-order chi connectivity index (χ1) is 9.95. The molecule has 0 saturated carbocycles. The minimum absolute atomic E-state index is 0.502. The number of hydrogen-bond donors (Lipinski definition) is 1. The molecule has 2 unspecified atom stereocenters. The molecular formula is C16H25N3S2. The van der Waals surface area contributed by atoms with E-state index >= 15 is 0 Å². The van der Waals surface area contributed by atoms with E-state index < -0.39 is 0 Å². The summed E-state index contributed by atoms with van der Waals surface area (Å²) < 4.78 is 0. The van der Waals surface area contributed by atoms with Crippen molar-refractivity contribution in [2.75, 3.05) is 37.8 Å². The second kappa shape index (κ2) is 6.99. The number of rotatable bonds is 5. The van der Waals surface area contributed by atoms with Crippen LogP contribution in [0.25, 0.3) is 0 Å². The van der Waals surface area contributed by atoms with Gasteiger partial charge in [0.05, 0.1) is 0 Å². The first-order valence-electron chi connectivity index (χ1n) is 7.42. The standard InChI is InChI=1S/C16H25N3S2/c1-5-21-14-8-6-7-12(15(14)16(17)20)19-9-11(2)13(10-19)18(3)4/h6-8,11,13H,5,9-10H2,1-4H3,(H2,17,20). The Morgan fingerprint density at radius 1 is 1.43 bits per heavy atom. The lowest BCUT2D eigenvalue weighted by atomic mass is 10.1. The molecule has 1 heterocycles. The molecule has 1 aliphatic rings. The highest BCUT2D eigenvalue weighted by Crippen LogP contribution is 2.34. The van der Waals surface area contributed by atoms with Crippen LogP contribution in [0.2, 0.25) is 0 Å². The van der Waals surface area contributed by atoms with E-state index in [1.165, 1.54) is 10.6 Å². The van der Waals surface area contributed by atoms with Gasteiger partial charge in [-0.15, -0.1) is 11.8 Å². The van der Waals surface area contributed by atoms with Gasteiger partial charge in [0.25, 0.3) is 0 Å². The van der Waals surface area contributed by atoms with E-state index in [4.69, 9.17) is 18.0 Å². The first-order valence-corrected chi connectivity index (χ1v) is 8.82. The first kappa shape index (κ1) is 16.6. The lowest BCUT2D eigenvalue weighted by Gasteiger charge is -2.25. The predicted octanol–water partition coefficient (Wildman–Crippen LogP) is 2.82. The maximum Gasteiger partial charge on any atom is 0.107 e. The molecule has 1 aromatic carbocycles. The van der Waals surface area contributed by atoms with E-state index in [0.717, 1.165) is 24.4 Å². The number of thiocarbonyl (C=S) groups is 1. The lowest BCUT2D eigenvalue weighted by molar-refractivity contribution is 0.266. The van der Waals surface area contributed by atoms with E-state index in [2.05, 4.69) is 55.9 Å². The second-order valence-corrected chi connectivity index (χ2v) is 7.61. The number of anilines is 1. The van der Waals surface area contributed by atoms with Crippen LogP contribution in [-0.2, 0) is 0 Å². The van der Waals surface area contributed by atoms with Crippen molar-refractivity contribution in [1.82, 2.24) is 4.90 Å². The summed E-state index contributed by atoms with van der Waals surface area (Å²) in [5, 5.41) is 0. The zero-order valence-corrected chi connectivity index (χ0v) is 14.9. The normalized spacial score (nSPS) is 22.0. The van der Waals surface area contributed by atoms with E-state index in [1.54, 1.807) is 11.8 Å². The third kappa shape index (κ3) is 3.52. The molecule has 0 bridgehead atoms. The number of likely N-dealkylation sites (N-methyl/N-ethyl adjacent to an activating group) is 1. The van der Waals surface area contributed by atoms with Crippen molar-refractivity contribution in [2.45, 2.75) is 24.8 Å². The van der Waals surface area contributed by atoms with Gasteiger partial charge in [-0.25, -0.2) is 0 Å². The molecule has 21 heavy (non-hydrogen) atoms. The van der Waals surface area contributed by atoms with Gasteiger partial charge in [0.2, 0.25) is 0 Å². The summed E-state index contributed by atoms with van der Waals surface area (Å²) in [5.74, 6) is 1.66. The minimum Gasteiger partial charge on any atom is -0.389 e. The van der Waals surface area contributed by atoms with Crippen molar-refractivity contribution >= 4 is 34.7 Å². The Morgan fingerprint density at radius 2 is 2.14 bits per heavy atom. The van der Waals surface area contributed by atoms with Crippen LogP contribution in [0.4, 0.5) is 5.69 Å². The molecule has 2 rings (SSSR count). The van der Waals surface area contributed by atoms with E-state index in [1.807, 2.05) is 0 Å². The van der Waals surface area contributed by atoms with Crippen LogP contribution in [0.15, 0.2) is 23.1 Å². The van der Waals surface area contributed by atoms with Crippen LogP contribution in [0, 0.1) is 5.92 Å². The number of thioether (sulfide) groups is 1. The van der Waals surface area contributed by atoms with Crippen LogP contribution in [0.3, 0.4) is 0 Å². The molecule has 3 nitrogen and oxygen atoms in total. The SMILES string of the molecule is CCSc1cccc(N2CC(C)C(N(C)C)C2)c1C(N)=S. The molecular weight excluding hydrogens is 298 g/mol. The highest BCUT2D eigenvalue weighted by Gasteiger charge is 2.32. The molecule has 0 amide bonds. The largest absolute Gasteiger partial charge is 0.389 e. The van der Waals surface area contributed by atoms with Crippen molar-refractivity contribution < 1.29 is 0 Å². The van der Waals surface area contributed by atoms with Gasteiger partial charge < -0.3 is 15.5 Å². The second-order valence-electron chi connectivity index (χ2n) is 5.86. The van der Waals surface area contributed by atoms with Crippen molar-refractivity contribution in [3.05, 3.63) is 23.8 Å². The molecule has 2 atom stereocenters. The third-order valence-corrected chi connectivity index (χ3v) is 5.27. The van der Waals surface area contributed by atoms with Crippen LogP contribution in [0.5, 0.6) is 0 Å². The molecule has 1 fully saturated rings. The molecule has 5 heteroatoms. The Hall–Kier alpha value is -0.780. The van der Waals surface area contributed by atoms with Gasteiger partial charge in [0, 0.05) is 35.3 Å². The summed E-state index contributed by atoms with van der Waals surface area (Å²) in [6.07, 6.45) is 0. The fourth-order valence-corrected chi connectivity index (χ4v) is 4.25. The molecule has 116 valence electrons. The van der Waals surface area contributed by atoms with Crippen molar-refractivity contribution in [3.63, 3.8) is 0 Å². The predicted molar refractivity (Wildman–Crippen MR) is 97.6 cm³/mol. The van der Waals surface area contributed by atoms with E-state index in [-0.39, 0.29) is 0 Å². The molecule has 2 N–H and O–H groups in total. The Balaban J connectivity index is 2.36. The van der Waals surface area contributed by atoms with Gasteiger partial charge in [-0.05, 0) is 37.9 Å². The molecule has 1 saturated heterocycles. The monoisotopic (exact) mass is 323 g/mol. The third-order valence-electron chi connectivity index (χ3n) is 4.13. The van der Waals surface area contributed by atoms with Gasteiger partial charge in [-0.2, -0.15) is 0 Å². The smallest absolute Gasteiger partial charge is 0.107 e. The average Bonchev–Trinajstić information content (AvgIpc) is 2.80. The summed E-state index contributed by atoms with van der Waals surface area (Å²) in [6.45, 7) is 6.55. The summed E-state index contributed by atoms with van der Waals surface area (Å²) in [6, 6.07) is 6.96. The van der Waals surface area contributed by atoms with E-state index in [0.29, 0.717) is 16.9 Å². The number of nitrogens with two attached hydrogens (primary N) is 1. The van der Waals surface area contributed by atoms with Crippen LogP contribution >= 0.6 is 24.0 Å². The van der Waals surface area contributed by atoms with Crippen LogP contribution in [0.1, 0.15) is 19.4 Å². The van der Waals surface area contributed by atoms with Crippen LogP contribution < -0.4 is 10.6 Å². The molecule has 0 aromatic heterocycles. The van der Waals surface area contributed by atoms with Crippen molar-refractivity contribution in [3.8, 4) is 0 Å². The number of nitrogens with zero attached hydrogens (tertiary/aromatic N) is 2. The Morgan fingerprint density at radius 3 is 2.67 bits per heavy atom. The maximum atomic E-state index is 6.02. The van der Waals surface area contributed by atoms with Crippen LogP contribution in [-0.4, -0.2) is 48.9 Å². The number of benzene rings is 1. The Labute approximate surface area is 137 Å². The zero-order valence-electron chi connectivity index (χ0n) is 13.3. The topological polar surface area (TPSA) is 32.5 Å². The van der Waals surface area contributed by atoms with Gasteiger partial charge in [-0.1, -0.05) is 32.1 Å². The molecule has 1 aliphatic heterocycles. The van der Waals surface area contributed by atoms with Crippen molar-refractivity contribution in [2.24, 2.45) is 11.7 Å². The number of hydrogen-bond acceptors (Lipinski definition) is 4. The maximum absolute atomic E-state index is 6.02. The van der Waals surface area contributed by atoms with Crippen molar-refractivity contribution in [1.29, 1.82) is 0 Å². The summed E-state index contributed by atoms with van der Waals surface area (Å²) in [4.78, 5) is 6.45. The highest BCUT2D eigenvalue weighted by molar-refractivity contribution is 7.99. The quantitative estimate of drug-likeness (QED) is 0.665. The summed E-state index contributed by atoms with van der Waals surface area (Å²) >= 11 is 7.13. The molecule has 1 aromatic rings. The summed E-state index contributed by atoms with van der Waals surface area (Å²) in [5.41, 5.74) is 8.26. The average molecular weight is 324 g/mol. The summed E-state index contributed by atoms with van der Waals surface area (Å²) in [7, 11) is 4.31. The molecule has 0 spiro atoms. The lowest BCUT2D eigenvalue weighted by Crippen LogP contribution is -2.34.